The number of nitrogens with zero attached hydrogens (tertiary/aromatic N) is 4. The molecule has 1 amide bonds. The molecule has 2 aliphatic rings. The predicted octanol–water partition coefficient (Wildman–Crippen LogP) is 3.22. The summed E-state index contributed by atoms with van der Waals surface area (Å²) in [6, 6.07) is 14.8. The molecule has 3 aromatic rings. The molecule has 2 aliphatic heterocycles. The third-order valence-electron chi connectivity index (χ3n) is 5.88. The maximum atomic E-state index is 13.1. The van der Waals surface area contributed by atoms with Crippen molar-refractivity contribution in [3.63, 3.8) is 0 Å². The third kappa shape index (κ3) is 3.02. The van der Waals surface area contributed by atoms with E-state index in [9.17, 15) is 4.79 Å². The molecule has 1 unspecified atom stereocenters. The van der Waals surface area contributed by atoms with Gasteiger partial charge in [-0.3, -0.25) is 9.69 Å². The highest BCUT2D eigenvalue weighted by Gasteiger charge is 2.33. The van der Waals surface area contributed by atoms with Crippen LogP contribution in [0.4, 0.5) is 0 Å². The van der Waals surface area contributed by atoms with Gasteiger partial charge in [-0.2, -0.15) is 0 Å². The molecule has 0 aliphatic carbocycles. The number of aromatic nitrogens is 2. The molecule has 0 saturated carbocycles. The second-order valence-corrected chi connectivity index (χ2v) is 7.65. The van der Waals surface area contributed by atoms with Crippen LogP contribution in [0.5, 0.6) is 0 Å². The molecular weight excluding hydrogens is 336 g/mol. The molecule has 3 heterocycles. The summed E-state index contributed by atoms with van der Waals surface area (Å²) in [7, 11) is 0. The number of hydrogen-bond acceptors (Lipinski definition) is 3. The number of hydrogen-bond donors (Lipinski definition) is 0. The fraction of sp³-hybridized carbons (Fsp3) is 0.364. The Hall–Kier alpha value is -2.66. The highest BCUT2D eigenvalue weighted by Crippen LogP contribution is 2.27. The Labute approximate surface area is 159 Å². The molecule has 0 radical (unpaired) electrons. The Balaban J connectivity index is 1.43. The summed E-state index contributed by atoms with van der Waals surface area (Å²) in [6.45, 7) is 4.19. The van der Waals surface area contributed by atoms with Crippen LogP contribution < -0.4 is 0 Å². The van der Waals surface area contributed by atoms with Crippen LogP contribution in [0.3, 0.4) is 0 Å². The van der Waals surface area contributed by atoms with E-state index in [2.05, 4.69) is 56.9 Å². The predicted molar refractivity (Wildman–Crippen MR) is 105 cm³/mol. The first-order valence-corrected chi connectivity index (χ1v) is 9.78. The number of likely N-dealkylation sites (tertiary alicyclic amines) is 1. The molecule has 0 N–H and O–H groups in total. The lowest BCUT2D eigenvalue weighted by molar-refractivity contribution is -0.135. The maximum absolute atomic E-state index is 13.1. The van der Waals surface area contributed by atoms with Gasteiger partial charge in [0, 0.05) is 38.9 Å². The summed E-state index contributed by atoms with van der Waals surface area (Å²) in [5, 5.41) is 2.56. The van der Waals surface area contributed by atoms with Crippen LogP contribution in [-0.4, -0.2) is 44.9 Å². The van der Waals surface area contributed by atoms with Gasteiger partial charge in [-0.05, 0) is 29.2 Å². The largest absolute Gasteiger partial charge is 0.341 e. The summed E-state index contributed by atoms with van der Waals surface area (Å²) in [5.41, 5.74) is 2.44. The highest BCUT2D eigenvalue weighted by molar-refractivity contribution is 5.85. The topological polar surface area (TPSA) is 41.4 Å². The molecule has 1 aromatic heterocycles. The van der Waals surface area contributed by atoms with Crippen LogP contribution in [0.25, 0.3) is 10.8 Å². The molecule has 5 nitrogen and oxygen atoms in total. The van der Waals surface area contributed by atoms with Crippen LogP contribution in [0.2, 0.25) is 0 Å². The number of fused-ring (bicyclic) bond motifs is 2. The van der Waals surface area contributed by atoms with Gasteiger partial charge in [-0.15, -0.1) is 0 Å². The minimum Gasteiger partial charge on any atom is -0.341 e. The Morgan fingerprint density at radius 2 is 1.89 bits per heavy atom. The van der Waals surface area contributed by atoms with E-state index < -0.39 is 0 Å². The van der Waals surface area contributed by atoms with Crippen molar-refractivity contribution >= 4 is 16.7 Å². The van der Waals surface area contributed by atoms with E-state index in [0.717, 1.165) is 51.3 Å². The zero-order valence-corrected chi connectivity index (χ0v) is 15.4. The SMILES string of the molecule is O=C(C1CN(Cc2cccc3ccccc23)Cc2cncn21)N1CCCC1. The molecule has 5 heteroatoms. The lowest BCUT2D eigenvalue weighted by Crippen LogP contribution is -2.45. The van der Waals surface area contributed by atoms with E-state index in [1.54, 1.807) is 0 Å². The second kappa shape index (κ2) is 6.82. The lowest BCUT2D eigenvalue weighted by Gasteiger charge is -2.35. The van der Waals surface area contributed by atoms with Gasteiger partial charge in [0.05, 0.1) is 12.0 Å². The molecule has 2 aromatic carbocycles. The summed E-state index contributed by atoms with van der Waals surface area (Å²) >= 11 is 0. The number of imidazole rings is 1. The summed E-state index contributed by atoms with van der Waals surface area (Å²) in [5.74, 6) is 0.245. The number of carbonyl (C=O) groups excluding carboxylic acids is 1. The van der Waals surface area contributed by atoms with E-state index in [-0.39, 0.29) is 11.9 Å². The van der Waals surface area contributed by atoms with Crippen molar-refractivity contribution in [2.75, 3.05) is 19.6 Å². The Kier molecular flexibility index (Phi) is 4.17. The average Bonchev–Trinajstić information content (AvgIpc) is 3.39. The van der Waals surface area contributed by atoms with Crippen molar-refractivity contribution in [1.82, 2.24) is 19.4 Å². The van der Waals surface area contributed by atoms with Gasteiger partial charge < -0.3 is 9.47 Å². The summed E-state index contributed by atoms with van der Waals surface area (Å²) in [6.07, 6.45) is 5.96. The quantitative estimate of drug-likeness (QED) is 0.720. The Morgan fingerprint density at radius 1 is 1.07 bits per heavy atom. The van der Waals surface area contributed by atoms with Crippen molar-refractivity contribution in [3.8, 4) is 0 Å². The first-order valence-electron chi connectivity index (χ1n) is 9.78. The van der Waals surface area contributed by atoms with Crippen LogP contribution in [0, 0.1) is 0 Å². The van der Waals surface area contributed by atoms with E-state index in [4.69, 9.17) is 0 Å². The molecule has 1 fully saturated rings. The highest BCUT2D eigenvalue weighted by atomic mass is 16.2. The van der Waals surface area contributed by atoms with E-state index in [0.29, 0.717) is 0 Å². The van der Waals surface area contributed by atoms with Gasteiger partial charge in [0.15, 0.2) is 0 Å². The molecular formula is C22H24N4O. The summed E-state index contributed by atoms with van der Waals surface area (Å²) < 4.78 is 2.08. The fourth-order valence-electron chi connectivity index (χ4n) is 4.50. The minimum atomic E-state index is -0.163. The number of benzene rings is 2. The molecule has 0 bridgehead atoms. The second-order valence-electron chi connectivity index (χ2n) is 7.65. The zero-order valence-electron chi connectivity index (χ0n) is 15.4. The standard InChI is InChI=1S/C22H24N4O/c27-22(25-10-3-4-11-25)21-15-24(14-19-12-23-16-26(19)21)13-18-8-5-7-17-6-1-2-9-20(17)18/h1-2,5-9,12,16,21H,3-4,10-11,13-15H2. The van der Waals surface area contributed by atoms with Crippen molar-refractivity contribution < 1.29 is 4.79 Å². The van der Waals surface area contributed by atoms with Crippen LogP contribution in [0.1, 0.15) is 30.1 Å². The van der Waals surface area contributed by atoms with Crippen molar-refractivity contribution in [2.24, 2.45) is 0 Å². The van der Waals surface area contributed by atoms with Crippen molar-refractivity contribution in [2.45, 2.75) is 32.0 Å². The minimum absolute atomic E-state index is 0.163. The average molecular weight is 360 g/mol. The van der Waals surface area contributed by atoms with Crippen LogP contribution in [-0.2, 0) is 17.9 Å². The lowest BCUT2D eigenvalue weighted by atomic mass is 10.0. The normalized spacial score (nSPS) is 20.1. The molecule has 1 atom stereocenters. The summed E-state index contributed by atoms with van der Waals surface area (Å²) in [4.78, 5) is 21.9. The zero-order chi connectivity index (χ0) is 18.2. The van der Waals surface area contributed by atoms with Gasteiger partial charge in [-0.25, -0.2) is 4.98 Å². The van der Waals surface area contributed by atoms with Crippen LogP contribution in [0.15, 0.2) is 55.0 Å². The number of amides is 1. The molecule has 1 saturated heterocycles. The van der Waals surface area contributed by atoms with E-state index in [1.165, 1.54) is 16.3 Å². The molecule has 5 rings (SSSR count). The first kappa shape index (κ1) is 16.5. The van der Waals surface area contributed by atoms with E-state index in [1.807, 2.05) is 17.4 Å². The molecule has 0 spiro atoms. The van der Waals surface area contributed by atoms with Gasteiger partial charge in [0.25, 0.3) is 0 Å². The van der Waals surface area contributed by atoms with Gasteiger partial charge in [-0.1, -0.05) is 42.5 Å². The van der Waals surface area contributed by atoms with Crippen LogP contribution >= 0.6 is 0 Å². The fourth-order valence-corrected chi connectivity index (χ4v) is 4.50. The number of rotatable bonds is 3. The molecule has 138 valence electrons. The smallest absolute Gasteiger partial charge is 0.247 e. The van der Waals surface area contributed by atoms with Gasteiger partial charge >= 0.3 is 0 Å². The van der Waals surface area contributed by atoms with Gasteiger partial charge in [0.1, 0.15) is 6.04 Å². The molecule has 27 heavy (non-hydrogen) atoms. The first-order chi connectivity index (χ1) is 13.3. The van der Waals surface area contributed by atoms with Crippen molar-refractivity contribution in [3.05, 3.63) is 66.2 Å². The van der Waals surface area contributed by atoms with Gasteiger partial charge in [0.2, 0.25) is 5.91 Å². The Bertz CT molecular complexity index is 968. The van der Waals surface area contributed by atoms with E-state index >= 15 is 0 Å². The Morgan fingerprint density at radius 3 is 2.78 bits per heavy atom. The monoisotopic (exact) mass is 360 g/mol. The number of carbonyl (C=O) groups is 1. The third-order valence-corrected chi connectivity index (χ3v) is 5.88. The van der Waals surface area contributed by atoms with Crippen molar-refractivity contribution in [1.29, 1.82) is 0 Å². The maximum Gasteiger partial charge on any atom is 0.247 e.